The molecule has 2 amide bonds. The van der Waals surface area contributed by atoms with Gasteiger partial charge in [0.25, 0.3) is 5.56 Å². The monoisotopic (exact) mass is 327 g/mol. The number of nitrogens with zero attached hydrogens (tertiary/aromatic N) is 3. The lowest BCUT2D eigenvalue weighted by molar-refractivity contribution is -0.133. The molecular weight excluding hydrogens is 310 g/mol. The Hall–Kier alpha value is -2.02. The Balaban J connectivity index is 1.91. The Morgan fingerprint density at radius 2 is 1.82 bits per heavy atom. The van der Waals surface area contributed by atoms with Crippen LogP contribution >= 0.6 is 11.6 Å². The molecule has 0 bridgehead atoms. The number of halogens is 1. The van der Waals surface area contributed by atoms with Crippen LogP contribution in [0.3, 0.4) is 0 Å². The Kier molecular flexibility index (Phi) is 5.43. The molecule has 1 fully saturated rings. The fourth-order valence-electron chi connectivity index (χ4n) is 2.22. The Morgan fingerprint density at radius 3 is 2.45 bits per heavy atom. The van der Waals surface area contributed by atoms with Crippen molar-refractivity contribution in [2.75, 3.05) is 32.8 Å². The third-order valence-electron chi connectivity index (χ3n) is 3.41. The molecule has 0 spiro atoms. The van der Waals surface area contributed by atoms with Gasteiger partial charge in [0.05, 0.1) is 11.6 Å². The first-order valence-corrected chi connectivity index (χ1v) is 7.44. The molecule has 1 aromatic heterocycles. The number of hydrogen-bond acceptors (Lipinski definition) is 4. The second-order valence-corrected chi connectivity index (χ2v) is 5.32. The molecule has 0 N–H and O–H groups in total. The summed E-state index contributed by atoms with van der Waals surface area (Å²) >= 11 is 5.83. The van der Waals surface area contributed by atoms with Gasteiger partial charge in [-0.2, -0.15) is 0 Å². The number of amides is 2. The van der Waals surface area contributed by atoms with Crippen LogP contribution in [0.5, 0.6) is 0 Å². The maximum Gasteiger partial charge on any atom is 0.409 e. The van der Waals surface area contributed by atoms with E-state index in [1.807, 2.05) is 0 Å². The minimum Gasteiger partial charge on any atom is -0.450 e. The normalized spacial score (nSPS) is 14.8. The van der Waals surface area contributed by atoms with Crippen molar-refractivity contribution in [3.8, 4) is 0 Å². The van der Waals surface area contributed by atoms with Crippen molar-refractivity contribution in [1.82, 2.24) is 14.4 Å². The predicted octanol–water partition coefficient (Wildman–Crippen LogP) is 0.802. The molecular formula is C14H18ClN3O4. The highest BCUT2D eigenvalue weighted by molar-refractivity contribution is 6.30. The SMILES string of the molecule is CCOC(=O)N1CCN(C(=O)Cn2cc(Cl)ccc2=O)CC1. The lowest BCUT2D eigenvalue weighted by atomic mass is 10.3. The second-order valence-electron chi connectivity index (χ2n) is 4.88. The third-order valence-corrected chi connectivity index (χ3v) is 3.63. The summed E-state index contributed by atoms with van der Waals surface area (Å²) in [5.74, 6) is -0.173. The van der Waals surface area contributed by atoms with Crippen LogP contribution in [0, 0.1) is 0 Å². The lowest BCUT2D eigenvalue weighted by Gasteiger charge is -2.34. The number of rotatable bonds is 3. The van der Waals surface area contributed by atoms with Gasteiger partial charge in [0, 0.05) is 38.4 Å². The molecule has 22 heavy (non-hydrogen) atoms. The van der Waals surface area contributed by atoms with Crippen molar-refractivity contribution in [3.05, 3.63) is 33.7 Å². The zero-order valence-electron chi connectivity index (χ0n) is 12.3. The first kappa shape index (κ1) is 16.4. The highest BCUT2D eigenvalue weighted by Crippen LogP contribution is 2.07. The van der Waals surface area contributed by atoms with Crippen LogP contribution in [-0.4, -0.2) is 59.2 Å². The standard InChI is InChI=1S/C14H18ClN3O4/c1-2-22-14(21)17-7-5-16(6-8-17)13(20)10-18-9-11(15)3-4-12(18)19/h3-4,9H,2,5-8,10H2,1H3. The number of piperazine rings is 1. The van der Waals surface area contributed by atoms with E-state index in [-0.39, 0.29) is 24.1 Å². The summed E-state index contributed by atoms with van der Waals surface area (Å²) in [6, 6.07) is 2.82. The van der Waals surface area contributed by atoms with E-state index in [0.717, 1.165) is 0 Å². The fraction of sp³-hybridized carbons (Fsp3) is 0.500. The van der Waals surface area contributed by atoms with Crippen LogP contribution in [-0.2, 0) is 16.1 Å². The molecule has 1 aromatic rings. The van der Waals surface area contributed by atoms with Gasteiger partial charge in [0.15, 0.2) is 0 Å². The van der Waals surface area contributed by atoms with Gasteiger partial charge in [-0.15, -0.1) is 0 Å². The Morgan fingerprint density at radius 1 is 1.18 bits per heavy atom. The van der Waals surface area contributed by atoms with Crippen molar-refractivity contribution in [2.24, 2.45) is 0 Å². The van der Waals surface area contributed by atoms with E-state index in [1.165, 1.54) is 22.9 Å². The van der Waals surface area contributed by atoms with Crippen LogP contribution in [0.15, 0.2) is 23.1 Å². The summed E-state index contributed by atoms with van der Waals surface area (Å²) in [6.07, 6.45) is 1.08. The number of pyridine rings is 1. The van der Waals surface area contributed by atoms with Gasteiger partial charge >= 0.3 is 6.09 Å². The Bertz CT molecular complexity index is 608. The maximum atomic E-state index is 12.2. The van der Waals surface area contributed by atoms with Crippen LogP contribution in [0.2, 0.25) is 5.02 Å². The highest BCUT2D eigenvalue weighted by atomic mass is 35.5. The molecule has 8 heteroatoms. The summed E-state index contributed by atoms with van der Waals surface area (Å²) in [5.41, 5.74) is -0.275. The summed E-state index contributed by atoms with van der Waals surface area (Å²) in [5, 5.41) is 0.402. The van der Waals surface area contributed by atoms with Gasteiger partial charge in [-0.05, 0) is 13.0 Å². The molecule has 1 aliphatic rings. The summed E-state index contributed by atoms with van der Waals surface area (Å²) in [7, 11) is 0. The molecule has 120 valence electrons. The average molecular weight is 328 g/mol. The van der Waals surface area contributed by atoms with Crippen molar-refractivity contribution < 1.29 is 14.3 Å². The molecule has 1 saturated heterocycles. The van der Waals surface area contributed by atoms with E-state index >= 15 is 0 Å². The van der Waals surface area contributed by atoms with E-state index in [4.69, 9.17) is 16.3 Å². The number of hydrogen-bond donors (Lipinski definition) is 0. The van der Waals surface area contributed by atoms with Crippen molar-refractivity contribution >= 4 is 23.6 Å². The van der Waals surface area contributed by atoms with Crippen LogP contribution in [0.25, 0.3) is 0 Å². The van der Waals surface area contributed by atoms with E-state index in [9.17, 15) is 14.4 Å². The average Bonchev–Trinajstić information content (AvgIpc) is 2.51. The van der Waals surface area contributed by atoms with Gasteiger partial charge in [-0.3, -0.25) is 9.59 Å². The van der Waals surface area contributed by atoms with Crippen molar-refractivity contribution in [1.29, 1.82) is 0 Å². The quantitative estimate of drug-likeness (QED) is 0.823. The molecule has 1 aliphatic heterocycles. The molecule has 2 heterocycles. The topological polar surface area (TPSA) is 71.8 Å². The van der Waals surface area contributed by atoms with E-state index in [1.54, 1.807) is 16.7 Å². The third kappa shape index (κ3) is 4.00. The summed E-state index contributed by atoms with van der Waals surface area (Å²) < 4.78 is 6.21. The number of carbonyl (C=O) groups is 2. The molecule has 0 radical (unpaired) electrons. The molecule has 0 atom stereocenters. The van der Waals surface area contributed by atoms with E-state index in [2.05, 4.69) is 0 Å². The van der Waals surface area contributed by atoms with Gasteiger partial charge in [-0.1, -0.05) is 11.6 Å². The van der Waals surface area contributed by atoms with Crippen LogP contribution in [0.1, 0.15) is 6.92 Å². The minimum absolute atomic E-state index is 0.0567. The number of ether oxygens (including phenoxy) is 1. The van der Waals surface area contributed by atoms with E-state index < -0.39 is 0 Å². The lowest BCUT2D eigenvalue weighted by Crippen LogP contribution is -2.51. The van der Waals surface area contributed by atoms with Gasteiger partial charge in [0.1, 0.15) is 6.54 Å². The largest absolute Gasteiger partial charge is 0.450 e. The molecule has 7 nitrogen and oxygen atoms in total. The predicted molar refractivity (Wildman–Crippen MR) is 80.9 cm³/mol. The second kappa shape index (κ2) is 7.31. The first-order valence-electron chi connectivity index (χ1n) is 7.06. The molecule has 2 rings (SSSR count). The molecule has 0 saturated carbocycles. The number of aromatic nitrogens is 1. The first-order chi connectivity index (χ1) is 10.5. The molecule has 0 aromatic carbocycles. The van der Waals surface area contributed by atoms with Crippen molar-refractivity contribution in [2.45, 2.75) is 13.5 Å². The molecule has 0 unspecified atom stereocenters. The van der Waals surface area contributed by atoms with Crippen LogP contribution < -0.4 is 5.56 Å². The summed E-state index contributed by atoms with van der Waals surface area (Å²) in [6.45, 7) is 3.72. The fourth-order valence-corrected chi connectivity index (χ4v) is 2.41. The zero-order valence-corrected chi connectivity index (χ0v) is 13.1. The maximum absolute atomic E-state index is 12.2. The van der Waals surface area contributed by atoms with Crippen LogP contribution in [0.4, 0.5) is 4.79 Å². The highest BCUT2D eigenvalue weighted by Gasteiger charge is 2.24. The van der Waals surface area contributed by atoms with Crippen molar-refractivity contribution in [3.63, 3.8) is 0 Å². The Labute approximate surface area is 133 Å². The number of carbonyl (C=O) groups excluding carboxylic acids is 2. The van der Waals surface area contributed by atoms with E-state index in [0.29, 0.717) is 37.8 Å². The van der Waals surface area contributed by atoms with Gasteiger partial charge in [-0.25, -0.2) is 4.79 Å². The smallest absolute Gasteiger partial charge is 0.409 e. The van der Waals surface area contributed by atoms with Gasteiger partial charge in [0.2, 0.25) is 5.91 Å². The molecule has 0 aliphatic carbocycles. The van der Waals surface area contributed by atoms with Gasteiger partial charge < -0.3 is 19.1 Å². The minimum atomic E-state index is -0.361. The summed E-state index contributed by atoms with van der Waals surface area (Å²) in [4.78, 5) is 38.7. The zero-order chi connectivity index (χ0) is 16.1.